The van der Waals surface area contributed by atoms with Crippen LogP contribution in [0.3, 0.4) is 0 Å². The molecule has 4 nitrogen and oxygen atoms in total. The van der Waals surface area contributed by atoms with Crippen LogP contribution in [0.5, 0.6) is 0 Å². The van der Waals surface area contributed by atoms with E-state index in [-0.39, 0.29) is 5.92 Å². The van der Waals surface area contributed by atoms with Crippen LogP contribution in [0.1, 0.15) is 43.4 Å². The maximum Gasteiger partial charge on any atom is 0.226 e. The van der Waals surface area contributed by atoms with Gasteiger partial charge in [0.15, 0.2) is 0 Å². The van der Waals surface area contributed by atoms with Crippen molar-refractivity contribution in [3.05, 3.63) is 29.1 Å². The summed E-state index contributed by atoms with van der Waals surface area (Å²) in [6.45, 7) is 7.11. The molecular formula is C17H24N2O2. The minimum Gasteiger partial charge on any atom is -0.377 e. The van der Waals surface area contributed by atoms with Gasteiger partial charge in [0.2, 0.25) is 5.91 Å². The van der Waals surface area contributed by atoms with Gasteiger partial charge >= 0.3 is 0 Å². The summed E-state index contributed by atoms with van der Waals surface area (Å²) in [6, 6.07) is 0. The monoisotopic (exact) mass is 288 g/mol. The van der Waals surface area contributed by atoms with Crippen LogP contribution in [0.4, 0.5) is 0 Å². The number of pyridine rings is 1. The molecule has 3 rings (SSSR count). The molecule has 0 aromatic carbocycles. The second-order valence-electron chi connectivity index (χ2n) is 6.36. The first kappa shape index (κ1) is 14.5. The summed E-state index contributed by atoms with van der Waals surface area (Å²) in [5.41, 5.74) is 3.71. The highest BCUT2D eigenvalue weighted by atomic mass is 16.5. The lowest BCUT2D eigenvalue weighted by atomic mass is 9.75. The molecule has 0 atom stereocenters. The van der Waals surface area contributed by atoms with Gasteiger partial charge in [-0.25, -0.2) is 0 Å². The molecule has 1 amide bonds. The van der Waals surface area contributed by atoms with Crippen LogP contribution in [0, 0.1) is 11.8 Å². The average molecular weight is 288 g/mol. The van der Waals surface area contributed by atoms with Gasteiger partial charge in [-0.1, -0.05) is 6.92 Å². The molecule has 0 bridgehead atoms. The fraction of sp³-hybridized carbons (Fsp3) is 0.647. The van der Waals surface area contributed by atoms with E-state index in [4.69, 9.17) is 4.74 Å². The highest BCUT2D eigenvalue weighted by molar-refractivity contribution is 5.80. The minimum absolute atomic E-state index is 0.265. The Labute approximate surface area is 126 Å². The molecule has 0 saturated heterocycles. The van der Waals surface area contributed by atoms with Crippen LogP contribution in [-0.4, -0.2) is 28.9 Å². The van der Waals surface area contributed by atoms with E-state index in [9.17, 15) is 4.79 Å². The van der Waals surface area contributed by atoms with Gasteiger partial charge in [-0.2, -0.15) is 0 Å². The number of carbonyl (C=O) groups excluding carboxylic acids is 1. The maximum absolute atomic E-state index is 12.5. The van der Waals surface area contributed by atoms with E-state index >= 15 is 0 Å². The smallest absolute Gasteiger partial charge is 0.226 e. The molecular weight excluding hydrogens is 264 g/mol. The van der Waals surface area contributed by atoms with E-state index in [0.29, 0.717) is 25.7 Å². The summed E-state index contributed by atoms with van der Waals surface area (Å²) in [5.74, 6) is 1.32. The van der Waals surface area contributed by atoms with E-state index in [2.05, 4.69) is 11.9 Å². The molecule has 1 aromatic rings. The number of amides is 1. The normalized spacial score (nSPS) is 24.4. The third-order valence-corrected chi connectivity index (χ3v) is 4.73. The number of hydrogen-bond donors (Lipinski definition) is 0. The van der Waals surface area contributed by atoms with Gasteiger partial charge in [0.1, 0.15) is 0 Å². The molecule has 1 aliphatic carbocycles. The van der Waals surface area contributed by atoms with Gasteiger partial charge in [0.05, 0.1) is 6.61 Å². The predicted octanol–water partition coefficient (Wildman–Crippen LogP) is 2.55. The fourth-order valence-corrected chi connectivity index (χ4v) is 3.45. The molecule has 1 aromatic heterocycles. The Hall–Kier alpha value is -1.42. The Balaban J connectivity index is 1.69. The summed E-state index contributed by atoms with van der Waals surface area (Å²) < 4.78 is 5.52. The second kappa shape index (κ2) is 6.14. The molecule has 0 unspecified atom stereocenters. The first-order valence-corrected chi connectivity index (χ1v) is 8.00. The van der Waals surface area contributed by atoms with Crippen LogP contribution in [0.15, 0.2) is 12.4 Å². The van der Waals surface area contributed by atoms with E-state index < -0.39 is 0 Å². The zero-order valence-corrected chi connectivity index (χ0v) is 13.0. The van der Waals surface area contributed by atoms with Crippen LogP contribution in [0.2, 0.25) is 0 Å². The summed E-state index contributed by atoms with van der Waals surface area (Å²) >= 11 is 0. The molecule has 2 heterocycles. The van der Waals surface area contributed by atoms with E-state index in [1.54, 1.807) is 0 Å². The third kappa shape index (κ3) is 2.95. The van der Waals surface area contributed by atoms with Crippen molar-refractivity contribution in [2.75, 3.05) is 13.2 Å². The number of rotatable bonds is 4. The zero-order chi connectivity index (χ0) is 14.8. The highest BCUT2D eigenvalue weighted by Crippen LogP contribution is 2.35. The molecule has 114 valence electrons. The van der Waals surface area contributed by atoms with Crippen molar-refractivity contribution in [2.24, 2.45) is 11.8 Å². The van der Waals surface area contributed by atoms with Crippen molar-refractivity contribution in [1.82, 2.24) is 9.88 Å². The Kier molecular flexibility index (Phi) is 4.24. The molecule has 2 aliphatic rings. The Bertz CT molecular complexity index is 524. The number of carbonyl (C=O) groups is 1. The average Bonchev–Trinajstić information content (AvgIpc) is 2.48. The van der Waals surface area contributed by atoms with E-state index in [0.717, 1.165) is 31.7 Å². The number of aromatic nitrogens is 1. The van der Waals surface area contributed by atoms with E-state index in [1.165, 1.54) is 16.7 Å². The zero-order valence-electron chi connectivity index (χ0n) is 13.0. The first-order valence-electron chi connectivity index (χ1n) is 8.00. The van der Waals surface area contributed by atoms with Crippen LogP contribution < -0.4 is 0 Å². The van der Waals surface area contributed by atoms with Crippen LogP contribution in [-0.2, 0) is 29.1 Å². The summed E-state index contributed by atoms with van der Waals surface area (Å²) in [6.07, 6.45) is 6.86. The lowest BCUT2D eigenvalue weighted by molar-refractivity contribution is -0.140. The molecule has 0 spiro atoms. The number of hydrogen-bond acceptors (Lipinski definition) is 3. The summed E-state index contributed by atoms with van der Waals surface area (Å²) in [5, 5.41) is 0. The Morgan fingerprint density at radius 3 is 2.95 bits per heavy atom. The van der Waals surface area contributed by atoms with Gasteiger partial charge in [0, 0.05) is 38.0 Å². The lowest BCUT2D eigenvalue weighted by Gasteiger charge is -2.38. The summed E-state index contributed by atoms with van der Waals surface area (Å²) in [4.78, 5) is 18.8. The number of fused-ring (bicyclic) bond motifs is 1. The fourth-order valence-electron chi connectivity index (χ4n) is 3.45. The van der Waals surface area contributed by atoms with Crippen molar-refractivity contribution in [3.63, 3.8) is 0 Å². The van der Waals surface area contributed by atoms with Gasteiger partial charge in [-0.05, 0) is 48.8 Å². The molecule has 1 aliphatic heterocycles. The van der Waals surface area contributed by atoms with Crippen molar-refractivity contribution >= 4 is 5.91 Å². The Morgan fingerprint density at radius 1 is 1.43 bits per heavy atom. The predicted molar refractivity (Wildman–Crippen MR) is 80.6 cm³/mol. The number of ether oxygens (including phenoxy) is 1. The second-order valence-corrected chi connectivity index (χ2v) is 6.36. The molecule has 21 heavy (non-hydrogen) atoms. The first-order chi connectivity index (χ1) is 10.2. The quantitative estimate of drug-likeness (QED) is 0.855. The lowest BCUT2D eigenvalue weighted by Crippen LogP contribution is -2.43. The van der Waals surface area contributed by atoms with Crippen molar-refractivity contribution < 1.29 is 9.53 Å². The topological polar surface area (TPSA) is 42.4 Å². The third-order valence-electron chi connectivity index (χ3n) is 4.73. The van der Waals surface area contributed by atoms with E-state index in [1.807, 2.05) is 24.2 Å². The molecule has 1 saturated carbocycles. The van der Waals surface area contributed by atoms with Crippen LogP contribution >= 0.6 is 0 Å². The van der Waals surface area contributed by atoms with Crippen LogP contribution in [0.25, 0.3) is 0 Å². The molecule has 1 fully saturated rings. The standard InChI is InChI=1S/C17H24N2O2/c1-3-21-11-15-9-18-8-14-10-19(5-4-16(14)15)17(20)13-6-12(2)7-13/h8-9,12-13H,3-7,10-11H2,1-2H3. The van der Waals surface area contributed by atoms with Crippen molar-refractivity contribution in [1.29, 1.82) is 0 Å². The van der Waals surface area contributed by atoms with Gasteiger partial charge in [-0.15, -0.1) is 0 Å². The minimum atomic E-state index is 0.265. The van der Waals surface area contributed by atoms with Gasteiger partial charge in [0.25, 0.3) is 0 Å². The van der Waals surface area contributed by atoms with Gasteiger partial charge in [-0.3, -0.25) is 9.78 Å². The molecule has 0 radical (unpaired) electrons. The SMILES string of the molecule is CCOCc1cncc2c1CCN(C(=O)C1CC(C)C1)C2. The maximum atomic E-state index is 12.5. The molecule has 0 N–H and O–H groups in total. The number of nitrogens with zero attached hydrogens (tertiary/aromatic N) is 2. The molecule has 4 heteroatoms. The largest absolute Gasteiger partial charge is 0.377 e. The highest BCUT2D eigenvalue weighted by Gasteiger charge is 2.35. The van der Waals surface area contributed by atoms with Crippen molar-refractivity contribution in [2.45, 2.75) is 46.3 Å². The summed E-state index contributed by atoms with van der Waals surface area (Å²) in [7, 11) is 0. The van der Waals surface area contributed by atoms with Crippen molar-refractivity contribution in [3.8, 4) is 0 Å². The van der Waals surface area contributed by atoms with Gasteiger partial charge < -0.3 is 9.64 Å². The Morgan fingerprint density at radius 2 is 2.24 bits per heavy atom.